The lowest BCUT2D eigenvalue weighted by molar-refractivity contribution is -0.314. The molecule has 148 valence electrons. The van der Waals surface area contributed by atoms with Gasteiger partial charge in [0.15, 0.2) is 0 Å². The molecule has 1 heterocycles. The standard InChI is InChI=1S/C19H22BrF3N2O2/c1-17(2,3)12-6-9-15-14(10-12)18(27,19(21,22)23)25(24-15)16(26)11-4-7-13(20)8-5-11/h4-5,7-8,12,14,27H,6,9-10H2,1-3H3/t12-,14+,18-/m1/s1. The predicted molar refractivity (Wildman–Crippen MR) is 99.0 cm³/mol. The molecule has 1 fully saturated rings. The summed E-state index contributed by atoms with van der Waals surface area (Å²) in [4.78, 5) is 12.8. The maximum Gasteiger partial charge on any atom is 0.439 e. The van der Waals surface area contributed by atoms with Crippen LogP contribution in [0.5, 0.6) is 0 Å². The Kier molecular flexibility index (Phi) is 4.96. The van der Waals surface area contributed by atoms with Gasteiger partial charge in [0.25, 0.3) is 11.6 Å². The van der Waals surface area contributed by atoms with Crippen molar-refractivity contribution in [3.05, 3.63) is 34.3 Å². The van der Waals surface area contributed by atoms with Crippen LogP contribution in [-0.2, 0) is 0 Å². The first-order chi connectivity index (χ1) is 12.4. The van der Waals surface area contributed by atoms with Gasteiger partial charge in [-0.3, -0.25) is 4.79 Å². The van der Waals surface area contributed by atoms with E-state index < -0.39 is 23.7 Å². The lowest BCUT2D eigenvalue weighted by Crippen LogP contribution is -2.62. The van der Waals surface area contributed by atoms with Gasteiger partial charge in [-0.05, 0) is 54.9 Å². The van der Waals surface area contributed by atoms with E-state index in [0.717, 1.165) is 0 Å². The van der Waals surface area contributed by atoms with Crippen molar-refractivity contribution < 1.29 is 23.1 Å². The summed E-state index contributed by atoms with van der Waals surface area (Å²) in [6, 6.07) is 5.93. The van der Waals surface area contributed by atoms with Crippen molar-refractivity contribution in [3.63, 3.8) is 0 Å². The number of hydrogen-bond donors (Lipinski definition) is 1. The van der Waals surface area contributed by atoms with E-state index in [9.17, 15) is 23.1 Å². The van der Waals surface area contributed by atoms with E-state index >= 15 is 0 Å². The maximum atomic E-state index is 14.0. The molecule has 0 spiro atoms. The fourth-order valence-corrected chi connectivity index (χ4v) is 4.19. The van der Waals surface area contributed by atoms with Gasteiger partial charge in [-0.1, -0.05) is 36.7 Å². The van der Waals surface area contributed by atoms with Crippen LogP contribution in [0.1, 0.15) is 50.4 Å². The molecule has 0 saturated heterocycles. The molecule has 1 aliphatic carbocycles. The third kappa shape index (κ3) is 3.42. The van der Waals surface area contributed by atoms with Crippen LogP contribution in [0.3, 0.4) is 0 Å². The third-order valence-electron chi connectivity index (χ3n) is 5.63. The fraction of sp³-hybridized carbons (Fsp3) is 0.579. The first-order valence-corrected chi connectivity index (χ1v) is 9.61. The number of hydrogen-bond acceptors (Lipinski definition) is 3. The minimum Gasteiger partial charge on any atom is -0.362 e. The molecular weight excluding hydrogens is 425 g/mol. The average molecular weight is 447 g/mol. The van der Waals surface area contributed by atoms with E-state index in [-0.39, 0.29) is 34.0 Å². The normalized spacial score (nSPS) is 28.7. The third-order valence-corrected chi connectivity index (χ3v) is 6.16. The van der Waals surface area contributed by atoms with Crippen LogP contribution in [0.4, 0.5) is 13.2 Å². The zero-order chi connectivity index (χ0) is 20.2. The van der Waals surface area contributed by atoms with Gasteiger partial charge in [0, 0.05) is 15.7 Å². The first kappa shape index (κ1) is 20.3. The van der Waals surface area contributed by atoms with Gasteiger partial charge >= 0.3 is 6.18 Å². The number of aliphatic hydroxyl groups is 1. The molecule has 0 aromatic heterocycles. The fourth-order valence-electron chi connectivity index (χ4n) is 3.92. The summed E-state index contributed by atoms with van der Waals surface area (Å²) in [5.41, 5.74) is -3.23. The molecule has 0 radical (unpaired) electrons. The van der Waals surface area contributed by atoms with Crippen LogP contribution in [-0.4, -0.2) is 33.6 Å². The number of amides is 1. The second-order valence-electron chi connectivity index (χ2n) is 8.33. The van der Waals surface area contributed by atoms with Crippen molar-refractivity contribution >= 4 is 27.5 Å². The van der Waals surface area contributed by atoms with Gasteiger partial charge in [-0.15, -0.1) is 0 Å². The van der Waals surface area contributed by atoms with E-state index in [1.807, 2.05) is 20.8 Å². The summed E-state index contributed by atoms with van der Waals surface area (Å²) in [6.07, 6.45) is -3.85. The SMILES string of the molecule is CC(C)(C)[C@@H]1CCC2=NN(C(=O)c3ccc(Br)cc3)[C@](O)(C(F)(F)F)[C@H]2C1. The summed E-state index contributed by atoms with van der Waals surface area (Å²) in [7, 11) is 0. The van der Waals surface area contributed by atoms with Crippen LogP contribution in [0.15, 0.2) is 33.8 Å². The summed E-state index contributed by atoms with van der Waals surface area (Å²) >= 11 is 3.23. The van der Waals surface area contributed by atoms with Gasteiger partial charge in [-0.2, -0.15) is 23.3 Å². The predicted octanol–water partition coefficient (Wildman–Crippen LogP) is 4.97. The lowest BCUT2D eigenvalue weighted by atomic mass is 9.66. The number of benzene rings is 1. The van der Waals surface area contributed by atoms with Crippen molar-refractivity contribution in [2.24, 2.45) is 22.4 Å². The number of rotatable bonds is 1. The lowest BCUT2D eigenvalue weighted by Gasteiger charge is -2.42. The zero-order valence-corrected chi connectivity index (χ0v) is 16.9. The quantitative estimate of drug-likeness (QED) is 0.661. The molecule has 1 saturated carbocycles. The molecule has 27 heavy (non-hydrogen) atoms. The van der Waals surface area contributed by atoms with Crippen molar-refractivity contribution in [2.45, 2.75) is 51.9 Å². The Morgan fingerprint density at radius 1 is 1.26 bits per heavy atom. The maximum absolute atomic E-state index is 14.0. The highest BCUT2D eigenvalue weighted by Crippen LogP contribution is 2.52. The van der Waals surface area contributed by atoms with Crippen molar-refractivity contribution in [1.29, 1.82) is 0 Å². The highest BCUT2D eigenvalue weighted by Gasteiger charge is 2.69. The van der Waals surface area contributed by atoms with E-state index in [1.165, 1.54) is 12.1 Å². The zero-order valence-electron chi connectivity index (χ0n) is 15.3. The Labute approximate surface area is 164 Å². The number of halogens is 4. The summed E-state index contributed by atoms with van der Waals surface area (Å²) < 4.78 is 42.7. The van der Waals surface area contributed by atoms with E-state index in [0.29, 0.717) is 17.3 Å². The molecule has 1 aliphatic heterocycles. The molecule has 2 aliphatic rings. The molecule has 1 amide bonds. The molecule has 1 aromatic carbocycles. The number of alkyl halides is 3. The highest BCUT2D eigenvalue weighted by molar-refractivity contribution is 9.10. The van der Waals surface area contributed by atoms with Gasteiger partial charge in [0.1, 0.15) is 0 Å². The van der Waals surface area contributed by atoms with Gasteiger partial charge in [0.05, 0.1) is 5.92 Å². The van der Waals surface area contributed by atoms with Crippen molar-refractivity contribution in [3.8, 4) is 0 Å². The smallest absolute Gasteiger partial charge is 0.362 e. The van der Waals surface area contributed by atoms with Crippen molar-refractivity contribution in [2.75, 3.05) is 0 Å². The van der Waals surface area contributed by atoms with E-state index in [4.69, 9.17) is 0 Å². The van der Waals surface area contributed by atoms with E-state index in [1.54, 1.807) is 12.1 Å². The van der Waals surface area contributed by atoms with Gasteiger partial charge in [-0.25, -0.2) is 0 Å². The molecular formula is C19H22BrF3N2O2. The minimum absolute atomic E-state index is 0.00180. The molecule has 4 nitrogen and oxygen atoms in total. The number of nitrogens with zero attached hydrogens (tertiary/aromatic N) is 2. The molecule has 1 aromatic rings. The van der Waals surface area contributed by atoms with Crippen LogP contribution in [0.25, 0.3) is 0 Å². The van der Waals surface area contributed by atoms with Crippen LogP contribution in [0, 0.1) is 17.3 Å². The number of carbonyl (C=O) groups excluding carboxylic acids is 1. The van der Waals surface area contributed by atoms with Crippen LogP contribution < -0.4 is 0 Å². The Bertz CT molecular complexity index is 771. The first-order valence-electron chi connectivity index (χ1n) is 8.82. The van der Waals surface area contributed by atoms with E-state index in [2.05, 4.69) is 21.0 Å². The Balaban J connectivity index is 2.01. The average Bonchev–Trinajstić information content (AvgIpc) is 2.88. The summed E-state index contributed by atoms with van der Waals surface area (Å²) in [5, 5.41) is 15.0. The number of carbonyl (C=O) groups is 1. The van der Waals surface area contributed by atoms with Gasteiger partial charge < -0.3 is 5.11 Å². The molecule has 1 N–H and O–H groups in total. The molecule has 8 heteroatoms. The Hall–Kier alpha value is -1.41. The summed E-state index contributed by atoms with van der Waals surface area (Å²) in [5.74, 6) is -2.20. The Morgan fingerprint density at radius 2 is 1.85 bits per heavy atom. The molecule has 3 rings (SSSR count). The second-order valence-corrected chi connectivity index (χ2v) is 9.24. The topological polar surface area (TPSA) is 52.9 Å². The van der Waals surface area contributed by atoms with Crippen LogP contribution >= 0.6 is 15.9 Å². The molecule has 0 unspecified atom stereocenters. The number of hydrazone groups is 1. The number of fused-ring (bicyclic) bond motifs is 1. The van der Waals surface area contributed by atoms with Gasteiger partial charge in [0.2, 0.25) is 0 Å². The minimum atomic E-state index is -5.02. The largest absolute Gasteiger partial charge is 0.439 e. The van der Waals surface area contributed by atoms with Crippen LogP contribution in [0.2, 0.25) is 0 Å². The molecule has 0 bridgehead atoms. The Morgan fingerprint density at radius 3 is 2.37 bits per heavy atom. The van der Waals surface area contributed by atoms with Crippen molar-refractivity contribution in [1.82, 2.24) is 5.01 Å². The second kappa shape index (κ2) is 6.58. The molecule has 3 atom stereocenters. The summed E-state index contributed by atoms with van der Waals surface area (Å²) in [6.45, 7) is 5.93. The highest BCUT2D eigenvalue weighted by atomic mass is 79.9. The monoisotopic (exact) mass is 446 g/mol.